The van der Waals surface area contributed by atoms with Gasteiger partial charge in [0.05, 0.1) is 22.4 Å². The fourth-order valence-corrected chi connectivity index (χ4v) is 13.8. The summed E-state index contributed by atoms with van der Waals surface area (Å²) in [6.45, 7) is 8.81. The second-order valence-corrected chi connectivity index (χ2v) is 30.7. The van der Waals surface area contributed by atoms with Gasteiger partial charge >= 0.3 is 144 Å². The molecule has 4 aromatic heterocycles. The average molecular weight is 1130 g/mol. The van der Waals surface area contributed by atoms with E-state index in [4.69, 9.17) is 19.4 Å². The zero-order valence-corrected chi connectivity index (χ0v) is 44.9. The van der Waals surface area contributed by atoms with Gasteiger partial charge in [0, 0.05) is 42.3 Å². The summed E-state index contributed by atoms with van der Waals surface area (Å²) in [5.74, 6) is 9.65. The van der Waals surface area contributed by atoms with Gasteiger partial charge in [0.25, 0.3) is 0 Å². The van der Waals surface area contributed by atoms with E-state index < -0.39 is 13.3 Å². The summed E-state index contributed by atoms with van der Waals surface area (Å²) in [7, 11) is 0. The zero-order valence-electron chi connectivity index (χ0n) is 40.4. The van der Waals surface area contributed by atoms with E-state index in [1.807, 2.05) is 18.2 Å². The Bertz CT molecular complexity index is 3360. The molecule has 5 nitrogen and oxygen atoms in total. The van der Waals surface area contributed by atoms with E-state index in [0.717, 1.165) is 79.1 Å². The number of pyridine rings is 2. The summed E-state index contributed by atoms with van der Waals surface area (Å²) < 4.78 is 10.5. The van der Waals surface area contributed by atoms with Crippen LogP contribution in [0.25, 0.3) is 83.3 Å². The van der Waals surface area contributed by atoms with Crippen LogP contribution in [0, 0.1) is 37.8 Å². The van der Waals surface area contributed by atoms with Crippen LogP contribution in [0.3, 0.4) is 0 Å². The zero-order chi connectivity index (χ0) is 46.2. The number of fused-ring (bicyclic) bond motifs is 6. The number of imidazole rings is 1. The number of nitrogens with zero attached hydrogens (tertiary/aromatic N) is 4. The second-order valence-electron chi connectivity index (χ2n) is 20.2. The van der Waals surface area contributed by atoms with Crippen molar-refractivity contribution in [3.63, 3.8) is 0 Å². The fourth-order valence-electron chi connectivity index (χ4n) is 10.4. The van der Waals surface area contributed by atoms with Crippen LogP contribution in [0.5, 0.6) is 0 Å². The molecule has 6 aromatic carbocycles. The molecule has 0 aliphatic heterocycles. The number of aromatic nitrogens is 4. The summed E-state index contributed by atoms with van der Waals surface area (Å²) in [5.41, 5.74) is 15.0. The van der Waals surface area contributed by atoms with Crippen molar-refractivity contribution in [2.75, 3.05) is 0 Å². The van der Waals surface area contributed by atoms with E-state index >= 15 is 0 Å². The first-order valence-electron chi connectivity index (χ1n) is 24.3. The van der Waals surface area contributed by atoms with E-state index in [9.17, 15) is 0 Å². The Balaban J connectivity index is 0.000000204. The van der Waals surface area contributed by atoms with Crippen LogP contribution in [0.15, 0.2) is 144 Å². The summed E-state index contributed by atoms with van der Waals surface area (Å²) in [6, 6.07) is 53.7. The number of furan rings is 1. The molecule has 0 amide bonds. The largest absolute Gasteiger partial charge is 0 e. The summed E-state index contributed by atoms with van der Waals surface area (Å²) in [4.78, 5) is 15.0. The first kappa shape index (κ1) is 47.4. The number of benzene rings is 6. The van der Waals surface area contributed by atoms with E-state index in [0.29, 0.717) is 11.6 Å². The predicted octanol–water partition coefficient (Wildman–Crippen LogP) is 15.6. The smallest absolute Gasteiger partial charge is 0 e. The molecule has 7 heteroatoms. The van der Waals surface area contributed by atoms with Crippen molar-refractivity contribution in [2.45, 2.75) is 89.9 Å². The summed E-state index contributed by atoms with van der Waals surface area (Å²) in [5, 5.41) is 4.37. The molecule has 1 aliphatic carbocycles. The minimum Gasteiger partial charge on any atom is 0 e. The Hall–Kier alpha value is -5.66. The van der Waals surface area contributed by atoms with Crippen LogP contribution in [-0.4, -0.2) is 32.8 Å². The Morgan fingerprint density at radius 3 is 2.21 bits per heavy atom. The first-order valence-corrected chi connectivity index (χ1v) is 31.6. The van der Waals surface area contributed by atoms with Gasteiger partial charge in [0.1, 0.15) is 0 Å². The van der Waals surface area contributed by atoms with Gasteiger partial charge in [-0.3, -0.25) is 4.98 Å². The van der Waals surface area contributed by atoms with Crippen molar-refractivity contribution in [3.8, 4) is 39.5 Å². The van der Waals surface area contributed by atoms with Crippen LogP contribution in [-0.2, 0) is 32.9 Å². The van der Waals surface area contributed by atoms with Gasteiger partial charge in [-0.25, -0.2) is 4.98 Å². The third kappa shape index (κ3) is 9.66. The van der Waals surface area contributed by atoms with Crippen molar-refractivity contribution < 1.29 is 24.5 Å². The van der Waals surface area contributed by atoms with Gasteiger partial charge in [0.2, 0.25) is 5.71 Å². The fraction of sp³-hybridized carbons (Fsp3) is 0.262. The van der Waals surface area contributed by atoms with Crippen LogP contribution >= 0.6 is 0 Å². The van der Waals surface area contributed by atoms with E-state index in [1.165, 1.54) is 66.2 Å². The average Bonchev–Trinajstić information content (AvgIpc) is 3.90. The molecule has 4 heterocycles. The standard InChI is InChI=1S/C40H32N3O.C21H28GeN.Ir/c1-24(2)21-30-18-19-33-32-15-10-16-34(38(32)44-40(33)41-30)39-42-35-20-17-28-13-8-9-14-31(28)37(35)43(39)36-25(3)22-29(23-26(36)4)27-11-6-5-7-12-27;1-22(2,3)20-16-23-21(18-12-8-5-9-13-18)15-19(20)14-17-10-6-4-7-11-17;/h5-15,17-20,22-24H,21H2,1-4H3;5,8-9,12,15-17H,4,6-7,10-11,14H2,1-3H3;/q2*-1;. The Labute approximate surface area is 418 Å². The maximum atomic E-state index is 6.58. The minimum absolute atomic E-state index is 0. The van der Waals surface area contributed by atoms with E-state index in [2.05, 4.69) is 183 Å². The number of rotatable bonds is 9. The van der Waals surface area contributed by atoms with Gasteiger partial charge in [-0.2, -0.15) is 0 Å². The molecule has 0 atom stereocenters. The molecule has 10 aromatic rings. The molecule has 0 spiro atoms. The molecule has 0 unspecified atom stereocenters. The van der Waals surface area contributed by atoms with Crippen LogP contribution in [0.2, 0.25) is 17.3 Å². The van der Waals surface area contributed by atoms with Gasteiger partial charge in [-0.15, -0.1) is 18.2 Å². The third-order valence-corrected chi connectivity index (χ3v) is 17.9. The van der Waals surface area contributed by atoms with Crippen molar-refractivity contribution in [1.82, 2.24) is 19.5 Å². The Morgan fingerprint density at radius 2 is 1.47 bits per heavy atom. The Kier molecular flexibility index (Phi) is 14.0. The number of aryl methyl sites for hydroxylation is 2. The Morgan fingerprint density at radius 1 is 0.721 bits per heavy atom. The van der Waals surface area contributed by atoms with Crippen molar-refractivity contribution in [1.29, 1.82) is 0 Å². The van der Waals surface area contributed by atoms with Gasteiger partial charge in [-0.1, -0.05) is 85.5 Å². The molecule has 0 saturated heterocycles. The van der Waals surface area contributed by atoms with Crippen molar-refractivity contribution in [3.05, 3.63) is 174 Å². The molecule has 1 fully saturated rings. The maximum absolute atomic E-state index is 6.58. The van der Waals surface area contributed by atoms with Crippen LogP contribution in [0.4, 0.5) is 0 Å². The molecular formula is C61H60GeIrN4O-2. The van der Waals surface area contributed by atoms with Crippen LogP contribution < -0.4 is 4.40 Å². The topological polar surface area (TPSA) is 56.7 Å². The molecule has 68 heavy (non-hydrogen) atoms. The molecular weight excluding hydrogens is 1070 g/mol. The second kappa shape index (κ2) is 20.1. The quantitative estimate of drug-likeness (QED) is 0.107. The van der Waals surface area contributed by atoms with E-state index in [1.54, 1.807) is 9.96 Å². The van der Waals surface area contributed by atoms with Gasteiger partial charge in [-0.05, 0) is 84.2 Å². The van der Waals surface area contributed by atoms with E-state index in [-0.39, 0.29) is 20.1 Å². The molecule has 1 saturated carbocycles. The number of hydrogen-bond acceptors (Lipinski definition) is 4. The van der Waals surface area contributed by atoms with Crippen LogP contribution in [0.1, 0.15) is 68.3 Å². The minimum atomic E-state index is -1.89. The normalized spacial score (nSPS) is 13.3. The van der Waals surface area contributed by atoms with Crippen molar-refractivity contribution in [2.24, 2.45) is 11.8 Å². The SMILES string of the molecule is Cc1cc(-c2ccccc2)cc(C)c1-n1c(-c2[c-]ccc3c2oc2nc(CC(C)C)ccc23)nc2ccc3ccccc3c21.[CH3][Ge]([CH3])([CH3])[c]1cnc(-c2[c-]cccc2)cc1CC1CCCCC1.[Ir]. The summed E-state index contributed by atoms with van der Waals surface area (Å²) >= 11 is -1.89. The molecule has 1 aliphatic rings. The van der Waals surface area contributed by atoms with Gasteiger partial charge in [0.15, 0.2) is 0 Å². The molecule has 0 bridgehead atoms. The predicted molar refractivity (Wildman–Crippen MR) is 283 cm³/mol. The maximum Gasteiger partial charge on any atom is 0 e. The monoisotopic (exact) mass is 1130 g/mol. The number of hydrogen-bond donors (Lipinski definition) is 0. The molecule has 11 rings (SSSR count). The molecule has 0 N–H and O–H groups in total. The molecule has 1 radical (unpaired) electrons. The van der Waals surface area contributed by atoms with Gasteiger partial charge < -0.3 is 8.98 Å². The molecule has 345 valence electrons. The third-order valence-electron chi connectivity index (χ3n) is 13.6. The van der Waals surface area contributed by atoms with Crippen molar-refractivity contribution >= 4 is 61.5 Å². The summed E-state index contributed by atoms with van der Waals surface area (Å²) in [6.07, 6.45) is 11.4. The first-order chi connectivity index (χ1) is 32.5.